The fourth-order valence-electron chi connectivity index (χ4n) is 2.36. The maximum atomic E-state index is 11.5. The van der Waals surface area contributed by atoms with Crippen molar-refractivity contribution in [3.05, 3.63) is 28.8 Å². The van der Waals surface area contributed by atoms with Gasteiger partial charge in [-0.25, -0.2) is 0 Å². The van der Waals surface area contributed by atoms with Crippen LogP contribution in [0.2, 0.25) is 0 Å². The number of benzene rings is 1. The van der Waals surface area contributed by atoms with Crippen LogP contribution in [0.1, 0.15) is 64.7 Å². The Balaban J connectivity index is 3.21. The largest absolute Gasteiger partial charge is 0.507 e. The average Bonchev–Trinajstić information content (AvgIpc) is 2.35. The summed E-state index contributed by atoms with van der Waals surface area (Å²) in [5.74, 6) is 0.0461. The van der Waals surface area contributed by atoms with E-state index in [4.69, 9.17) is 16.3 Å². The summed E-state index contributed by atoms with van der Waals surface area (Å²) in [5, 5.41) is 10.6. The van der Waals surface area contributed by atoms with Crippen LogP contribution in [0, 0.1) is 0 Å². The highest BCUT2D eigenvalue weighted by atomic mass is 35.5. The van der Waals surface area contributed by atoms with Crippen molar-refractivity contribution in [3.8, 4) is 5.75 Å². The number of phenolic OH excluding ortho intramolecular Hbond substituents is 1. The Labute approximate surface area is 138 Å². The van der Waals surface area contributed by atoms with E-state index in [-0.39, 0.29) is 29.3 Å². The first-order valence-corrected chi connectivity index (χ1v) is 8.08. The van der Waals surface area contributed by atoms with E-state index in [1.807, 2.05) is 12.1 Å². The van der Waals surface area contributed by atoms with Gasteiger partial charge in [-0.15, -0.1) is 0 Å². The third-order valence-electron chi connectivity index (χ3n) is 3.62. The molecule has 4 heteroatoms. The molecule has 0 aliphatic carbocycles. The number of aromatic hydroxyl groups is 1. The molecule has 0 heterocycles. The van der Waals surface area contributed by atoms with E-state index in [9.17, 15) is 9.90 Å². The fourth-order valence-corrected chi connectivity index (χ4v) is 2.48. The van der Waals surface area contributed by atoms with Gasteiger partial charge in [-0.1, -0.05) is 65.3 Å². The zero-order chi connectivity index (χ0) is 17.1. The molecular formula is C18H27ClO3. The lowest BCUT2D eigenvalue weighted by Crippen LogP contribution is -2.18. The highest BCUT2D eigenvalue weighted by Gasteiger charge is 2.26. The molecule has 3 nitrogen and oxygen atoms in total. The SMILES string of the molecule is CC(C)(C)c1cc(CCC(=O)OCCl)cc(C(C)(C)C)c1O. The predicted molar refractivity (Wildman–Crippen MR) is 90.6 cm³/mol. The van der Waals surface area contributed by atoms with Crippen LogP contribution < -0.4 is 0 Å². The van der Waals surface area contributed by atoms with Gasteiger partial charge < -0.3 is 9.84 Å². The number of esters is 1. The smallest absolute Gasteiger partial charge is 0.307 e. The molecule has 0 aromatic heterocycles. The van der Waals surface area contributed by atoms with Crippen molar-refractivity contribution in [3.63, 3.8) is 0 Å². The zero-order valence-electron chi connectivity index (χ0n) is 14.4. The lowest BCUT2D eigenvalue weighted by Gasteiger charge is -2.28. The molecule has 1 N–H and O–H groups in total. The fraction of sp³-hybridized carbons (Fsp3) is 0.611. The first-order valence-electron chi connectivity index (χ1n) is 7.55. The second kappa shape index (κ2) is 6.91. The van der Waals surface area contributed by atoms with Crippen molar-refractivity contribution >= 4 is 17.6 Å². The van der Waals surface area contributed by atoms with Crippen LogP contribution in [-0.2, 0) is 26.8 Å². The quantitative estimate of drug-likeness (QED) is 0.646. The van der Waals surface area contributed by atoms with Crippen LogP contribution in [0.25, 0.3) is 0 Å². The Morgan fingerprint density at radius 3 is 1.91 bits per heavy atom. The molecule has 1 rings (SSSR count). The molecule has 0 aliphatic rings. The molecule has 0 spiro atoms. The van der Waals surface area contributed by atoms with E-state index in [0.717, 1.165) is 16.7 Å². The van der Waals surface area contributed by atoms with Crippen LogP contribution in [0.4, 0.5) is 0 Å². The molecular weight excluding hydrogens is 300 g/mol. The Bertz CT molecular complexity index is 501. The number of carbonyl (C=O) groups is 1. The van der Waals surface area contributed by atoms with Crippen molar-refractivity contribution in [1.82, 2.24) is 0 Å². The summed E-state index contributed by atoms with van der Waals surface area (Å²) in [6.45, 7) is 12.4. The summed E-state index contributed by atoms with van der Waals surface area (Å²) in [6.07, 6.45) is 0.854. The molecule has 0 fully saturated rings. The molecule has 0 aliphatic heterocycles. The predicted octanol–water partition coefficient (Wildman–Crippen LogP) is 4.66. The first kappa shape index (κ1) is 18.8. The Hall–Kier alpha value is -1.22. The van der Waals surface area contributed by atoms with Gasteiger partial charge in [0.2, 0.25) is 0 Å². The molecule has 1 aromatic carbocycles. The lowest BCUT2D eigenvalue weighted by molar-refractivity contribution is -0.141. The second-order valence-corrected chi connectivity index (χ2v) is 7.88. The van der Waals surface area contributed by atoms with Crippen molar-refractivity contribution in [2.24, 2.45) is 0 Å². The standard InChI is InChI=1S/C18H27ClO3/c1-17(2,3)13-9-12(7-8-15(20)22-11-19)10-14(16(13)21)18(4,5)6/h9-10,21H,7-8,11H2,1-6H3. The molecule has 0 amide bonds. The number of halogens is 1. The summed E-state index contributed by atoms with van der Waals surface area (Å²) < 4.78 is 4.76. The number of rotatable bonds is 4. The summed E-state index contributed by atoms with van der Waals surface area (Å²) in [5.41, 5.74) is 2.49. The molecule has 0 saturated carbocycles. The zero-order valence-corrected chi connectivity index (χ0v) is 15.2. The maximum absolute atomic E-state index is 11.5. The van der Waals surface area contributed by atoms with Crippen LogP contribution in [0.15, 0.2) is 12.1 Å². The van der Waals surface area contributed by atoms with Crippen LogP contribution in [-0.4, -0.2) is 17.1 Å². The minimum atomic E-state index is -0.308. The summed E-state index contributed by atoms with van der Waals surface area (Å²) in [4.78, 5) is 11.5. The second-order valence-electron chi connectivity index (χ2n) is 7.67. The Morgan fingerprint density at radius 2 is 1.55 bits per heavy atom. The Morgan fingerprint density at radius 1 is 1.09 bits per heavy atom. The number of hydrogen-bond donors (Lipinski definition) is 1. The summed E-state index contributed by atoms with van der Waals surface area (Å²) in [6, 6.07) is 3.85. The highest BCUT2D eigenvalue weighted by molar-refractivity contribution is 6.17. The van der Waals surface area contributed by atoms with E-state index < -0.39 is 0 Å². The first-order chi connectivity index (χ1) is 9.96. The third-order valence-corrected chi connectivity index (χ3v) is 3.73. The third kappa shape index (κ3) is 4.91. The summed E-state index contributed by atoms with van der Waals surface area (Å²) in [7, 11) is 0. The molecule has 22 heavy (non-hydrogen) atoms. The number of hydrogen-bond acceptors (Lipinski definition) is 3. The minimum Gasteiger partial charge on any atom is -0.507 e. The number of aryl methyl sites for hydroxylation is 1. The Kier molecular flexibility index (Phi) is 5.91. The van der Waals surface area contributed by atoms with Gasteiger partial charge in [0.05, 0.1) is 0 Å². The van der Waals surface area contributed by atoms with E-state index >= 15 is 0 Å². The topological polar surface area (TPSA) is 46.5 Å². The van der Waals surface area contributed by atoms with Gasteiger partial charge in [-0.05, 0) is 33.9 Å². The monoisotopic (exact) mass is 326 g/mol. The van der Waals surface area contributed by atoms with Gasteiger partial charge in [-0.2, -0.15) is 0 Å². The normalized spacial score (nSPS) is 12.3. The van der Waals surface area contributed by atoms with Crippen molar-refractivity contribution in [1.29, 1.82) is 0 Å². The maximum Gasteiger partial charge on any atom is 0.307 e. The molecule has 0 saturated heterocycles. The van der Waals surface area contributed by atoms with Crippen LogP contribution in [0.5, 0.6) is 5.75 Å². The van der Waals surface area contributed by atoms with E-state index in [2.05, 4.69) is 41.5 Å². The van der Waals surface area contributed by atoms with E-state index in [0.29, 0.717) is 12.2 Å². The average molecular weight is 327 g/mol. The van der Waals surface area contributed by atoms with E-state index in [1.54, 1.807) is 0 Å². The number of phenols is 1. The number of carbonyl (C=O) groups excluding carboxylic acids is 1. The molecule has 0 unspecified atom stereocenters. The van der Waals surface area contributed by atoms with Gasteiger partial charge in [-0.3, -0.25) is 4.79 Å². The van der Waals surface area contributed by atoms with Crippen molar-refractivity contribution in [2.75, 3.05) is 6.07 Å². The minimum absolute atomic E-state index is 0.116. The van der Waals surface area contributed by atoms with E-state index in [1.165, 1.54) is 0 Å². The van der Waals surface area contributed by atoms with Crippen LogP contribution >= 0.6 is 11.6 Å². The lowest BCUT2D eigenvalue weighted by atomic mass is 9.78. The van der Waals surface area contributed by atoms with Crippen LogP contribution in [0.3, 0.4) is 0 Å². The van der Waals surface area contributed by atoms with Gasteiger partial charge >= 0.3 is 5.97 Å². The molecule has 0 radical (unpaired) electrons. The molecule has 1 aromatic rings. The molecule has 0 atom stereocenters. The molecule has 124 valence electrons. The van der Waals surface area contributed by atoms with Gasteiger partial charge in [0.15, 0.2) is 6.07 Å². The molecule has 0 bridgehead atoms. The number of ether oxygens (including phenoxy) is 1. The van der Waals surface area contributed by atoms with Gasteiger partial charge in [0.1, 0.15) is 5.75 Å². The highest BCUT2D eigenvalue weighted by Crippen LogP contribution is 2.39. The number of alkyl halides is 1. The summed E-state index contributed by atoms with van der Waals surface area (Å²) >= 11 is 5.39. The van der Waals surface area contributed by atoms with Crippen molar-refractivity contribution in [2.45, 2.75) is 65.2 Å². The van der Waals surface area contributed by atoms with Gasteiger partial charge in [0.25, 0.3) is 0 Å². The van der Waals surface area contributed by atoms with Crippen molar-refractivity contribution < 1.29 is 14.6 Å². The van der Waals surface area contributed by atoms with Gasteiger partial charge in [0, 0.05) is 6.42 Å².